The Morgan fingerprint density at radius 1 is 1.04 bits per heavy atom. The van der Waals surface area contributed by atoms with Crippen LogP contribution in [0.25, 0.3) is 0 Å². The number of ether oxygens (including phenoxy) is 1. The first-order valence-corrected chi connectivity index (χ1v) is 19.6. The molecule has 5 amide bonds. The number of amides is 5. The van der Waals surface area contributed by atoms with Gasteiger partial charge in [-0.25, -0.2) is 4.79 Å². The molecule has 280 valence electrons. The van der Waals surface area contributed by atoms with E-state index in [1.165, 1.54) is 0 Å². The van der Waals surface area contributed by atoms with Gasteiger partial charge < -0.3 is 25.6 Å². The van der Waals surface area contributed by atoms with Crippen LogP contribution in [0.1, 0.15) is 103 Å². The smallest absolute Gasteiger partial charge is 0.417 e. The van der Waals surface area contributed by atoms with E-state index in [-0.39, 0.29) is 36.8 Å². The summed E-state index contributed by atoms with van der Waals surface area (Å²) in [5.74, 6) is -2.55. The molecule has 2 aliphatic heterocycles. The van der Waals surface area contributed by atoms with Crippen LogP contribution in [0.4, 0.5) is 4.79 Å². The van der Waals surface area contributed by atoms with Crippen LogP contribution in [0.5, 0.6) is 0 Å². The molecule has 0 bridgehead atoms. The van der Waals surface area contributed by atoms with Crippen LogP contribution >= 0.6 is 23.5 Å². The number of ketones is 1. The number of nitrogens with zero attached hydrogens (tertiary/aromatic N) is 1. The molecule has 0 radical (unpaired) electrons. The van der Waals surface area contributed by atoms with Gasteiger partial charge in [-0.05, 0) is 80.5 Å². The minimum atomic E-state index is -1.23. The lowest BCUT2D eigenvalue weighted by molar-refractivity contribution is -0.141. The Kier molecular flexibility index (Phi) is 13.0. The van der Waals surface area contributed by atoms with Crippen LogP contribution in [0.15, 0.2) is 24.3 Å². The fourth-order valence-corrected chi connectivity index (χ4v) is 8.45. The summed E-state index contributed by atoms with van der Waals surface area (Å²) in [4.78, 5) is 81.4. The molecule has 4 N–H and O–H groups in total. The zero-order valence-electron chi connectivity index (χ0n) is 29.9. The second kappa shape index (κ2) is 17.0. The summed E-state index contributed by atoms with van der Waals surface area (Å²) >= 11 is 6.97. The number of piperidine rings is 1. The van der Waals surface area contributed by atoms with Gasteiger partial charge in [0, 0.05) is 41.0 Å². The number of carbonyl (C=O) groups is 6. The lowest BCUT2D eigenvalue weighted by Gasteiger charge is -2.41. The highest BCUT2D eigenvalue weighted by Crippen LogP contribution is 2.38. The molecule has 14 heteroatoms. The third-order valence-electron chi connectivity index (χ3n) is 10.4. The van der Waals surface area contributed by atoms with Gasteiger partial charge in [0.25, 0.3) is 5.91 Å². The van der Waals surface area contributed by atoms with Crippen molar-refractivity contribution in [1.29, 1.82) is 0 Å². The number of nitrogens with one attached hydrogen (secondary N) is 4. The molecule has 1 aromatic carbocycles. The molecule has 2 aliphatic carbocycles. The van der Waals surface area contributed by atoms with Crippen LogP contribution in [-0.2, 0) is 35.3 Å². The predicted octanol–water partition coefficient (Wildman–Crippen LogP) is 4.82. The number of rotatable bonds is 13. The van der Waals surface area contributed by atoms with E-state index in [4.69, 9.17) is 16.3 Å². The molecule has 51 heavy (non-hydrogen) atoms. The molecule has 1 aromatic rings. The van der Waals surface area contributed by atoms with E-state index in [1.807, 2.05) is 25.7 Å². The molecule has 2 saturated heterocycles. The van der Waals surface area contributed by atoms with Gasteiger partial charge in [-0.1, -0.05) is 76.6 Å². The number of benzene rings is 1. The third-order valence-corrected chi connectivity index (χ3v) is 11.7. The van der Waals surface area contributed by atoms with Crippen LogP contribution in [-0.4, -0.2) is 76.4 Å². The molecule has 3 atom stereocenters. The fraction of sp³-hybridized carbons (Fsp3) is 0.676. The number of likely N-dealkylation sites (tertiary alicyclic amines) is 1. The number of Topliss-reactive ketones (excluding diaryl/α,β-unsaturated/α-hetero) is 1. The lowest BCUT2D eigenvalue weighted by Crippen LogP contribution is -2.53. The first-order valence-electron chi connectivity index (χ1n) is 18.3. The van der Waals surface area contributed by atoms with Crippen molar-refractivity contribution in [2.24, 2.45) is 17.3 Å². The van der Waals surface area contributed by atoms with E-state index in [0.717, 1.165) is 56.9 Å². The monoisotopic (exact) mass is 745 g/mol. The van der Waals surface area contributed by atoms with Crippen molar-refractivity contribution in [1.82, 2.24) is 25.6 Å². The molecule has 2 unspecified atom stereocenters. The van der Waals surface area contributed by atoms with Gasteiger partial charge >= 0.3 is 6.09 Å². The van der Waals surface area contributed by atoms with E-state index in [2.05, 4.69) is 20.7 Å². The van der Waals surface area contributed by atoms with Crippen LogP contribution in [0.2, 0.25) is 5.02 Å². The van der Waals surface area contributed by atoms with Crippen LogP contribution < -0.4 is 20.7 Å². The summed E-state index contributed by atoms with van der Waals surface area (Å²) in [5.41, 5.74) is -0.302. The maximum absolute atomic E-state index is 14.0. The van der Waals surface area contributed by atoms with Gasteiger partial charge in [-0.2, -0.15) is 0 Å². The summed E-state index contributed by atoms with van der Waals surface area (Å²) in [6.07, 6.45) is 8.07. The Bertz CT molecular complexity index is 1470. The SMILES string of the molecule is CC(C)(C)C(=O)N1CCC2(CC1)CC(CC(NC(=O)[C@H](CC1CCCCC1)SNC(=O)OCc1cccc(Cl)c1)C(=O)C(=O)NC1CC1)C(=O)N2. The van der Waals surface area contributed by atoms with E-state index in [9.17, 15) is 28.8 Å². The summed E-state index contributed by atoms with van der Waals surface area (Å²) < 4.78 is 8.00. The lowest BCUT2D eigenvalue weighted by atomic mass is 9.81. The first kappa shape index (κ1) is 38.9. The van der Waals surface area contributed by atoms with E-state index >= 15 is 0 Å². The van der Waals surface area contributed by atoms with Gasteiger partial charge in [0.15, 0.2) is 0 Å². The second-order valence-corrected chi connectivity index (χ2v) is 17.2. The van der Waals surface area contributed by atoms with Crippen molar-refractivity contribution in [3.8, 4) is 0 Å². The topological polar surface area (TPSA) is 163 Å². The van der Waals surface area contributed by atoms with Gasteiger partial charge in [0.05, 0.1) is 6.04 Å². The predicted molar refractivity (Wildman–Crippen MR) is 194 cm³/mol. The number of hydrogen-bond acceptors (Lipinski definition) is 8. The summed E-state index contributed by atoms with van der Waals surface area (Å²) in [6, 6.07) is 5.67. The average molecular weight is 746 g/mol. The highest BCUT2D eigenvalue weighted by molar-refractivity contribution is 7.99. The highest BCUT2D eigenvalue weighted by Gasteiger charge is 2.48. The standard InChI is InChI=1S/C37H52ClN5O7S/c1-36(2,3)34(48)43-16-14-37(15-17-43)21-25(31(45)41-37)20-28(30(44)33(47)39-27-12-13-27)40-32(46)29(19-23-8-5-4-6-9-23)51-42-35(49)50-22-24-10-7-11-26(38)18-24/h7,10-11,18,23,25,27-29H,4-6,8-9,12-17,19-22H2,1-3H3,(H,39,47)(H,40,46)(H,41,45)(H,42,49)/t25?,28?,29-/m0/s1. The molecule has 1 spiro atoms. The van der Waals surface area contributed by atoms with Crippen LogP contribution in [0, 0.1) is 17.3 Å². The Morgan fingerprint density at radius 3 is 2.39 bits per heavy atom. The molecular weight excluding hydrogens is 694 g/mol. The quantitative estimate of drug-likeness (QED) is 0.165. The Morgan fingerprint density at radius 2 is 1.75 bits per heavy atom. The van der Waals surface area contributed by atoms with Gasteiger partial charge in [0.2, 0.25) is 23.5 Å². The van der Waals surface area contributed by atoms with Crippen molar-refractivity contribution < 1.29 is 33.5 Å². The molecule has 4 aliphatic rings. The maximum atomic E-state index is 14.0. The fourth-order valence-electron chi connectivity index (χ4n) is 7.39. The molecule has 2 heterocycles. The Hall–Kier alpha value is -3.32. The zero-order chi connectivity index (χ0) is 36.8. The average Bonchev–Trinajstić information content (AvgIpc) is 3.86. The molecule has 12 nitrogen and oxygen atoms in total. The van der Waals surface area contributed by atoms with Gasteiger partial charge in [0.1, 0.15) is 11.9 Å². The zero-order valence-corrected chi connectivity index (χ0v) is 31.5. The first-order chi connectivity index (χ1) is 24.2. The number of hydrogen-bond donors (Lipinski definition) is 4. The van der Waals surface area contributed by atoms with Gasteiger partial charge in [-0.15, -0.1) is 0 Å². The van der Waals surface area contributed by atoms with Crippen molar-refractivity contribution in [3.63, 3.8) is 0 Å². The second-order valence-electron chi connectivity index (χ2n) is 15.8. The van der Waals surface area contributed by atoms with Crippen LogP contribution in [0.3, 0.4) is 0 Å². The largest absolute Gasteiger partial charge is 0.444 e. The number of halogens is 1. The van der Waals surface area contributed by atoms with E-state index < -0.39 is 51.9 Å². The summed E-state index contributed by atoms with van der Waals surface area (Å²) in [7, 11) is 0. The maximum Gasteiger partial charge on any atom is 0.417 e. The van der Waals surface area contributed by atoms with Crippen molar-refractivity contribution in [2.75, 3.05) is 13.1 Å². The van der Waals surface area contributed by atoms with Crippen molar-refractivity contribution >= 4 is 59.1 Å². The molecule has 5 rings (SSSR count). The van der Waals surface area contributed by atoms with E-state index in [1.54, 1.807) is 24.3 Å². The summed E-state index contributed by atoms with van der Waals surface area (Å²) in [6.45, 7) is 6.69. The number of carbonyl (C=O) groups excluding carboxylic acids is 6. The molecule has 4 fully saturated rings. The van der Waals surface area contributed by atoms with Crippen molar-refractivity contribution in [3.05, 3.63) is 34.9 Å². The third kappa shape index (κ3) is 11.1. The Labute approximate surface area is 309 Å². The molecule has 2 saturated carbocycles. The minimum Gasteiger partial charge on any atom is -0.444 e. The van der Waals surface area contributed by atoms with Gasteiger partial charge in [-0.3, -0.25) is 28.7 Å². The Balaban J connectivity index is 1.25. The van der Waals surface area contributed by atoms with E-state index in [0.29, 0.717) is 49.4 Å². The molecule has 0 aromatic heterocycles. The van der Waals surface area contributed by atoms with Crippen molar-refractivity contribution in [2.45, 2.75) is 127 Å². The molecular formula is C37H52ClN5O7S. The normalized spacial score (nSPS) is 21.7. The summed E-state index contributed by atoms with van der Waals surface area (Å²) in [5, 5.41) is 8.47. The highest BCUT2D eigenvalue weighted by atomic mass is 35.5. The minimum absolute atomic E-state index is 0.00497.